The number of ether oxygens (including phenoxy) is 2. The van der Waals surface area contributed by atoms with E-state index in [1.54, 1.807) is 19.1 Å². The molecule has 7 nitrogen and oxygen atoms in total. The first kappa shape index (κ1) is 18.5. The summed E-state index contributed by atoms with van der Waals surface area (Å²) in [6, 6.07) is 13.0. The van der Waals surface area contributed by atoms with Crippen LogP contribution < -0.4 is 0 Å². The molecule has 0 aliphatic carbocycles. The Morgan fingerprint density at radius 3 is 2.57 bits per heavy atom. The molecule has 2 aliphatic rings. The molecule has 146 valence electrons. The molecule has 4 rings (SSSR count). The van der Waals surface area contributed by atoms with Gasteiger partial charge in [0, 0.05) is 19.0 Å². The summed E-state index contributed by atoms with van der Waals surface area (Å²) in [6.07, 6.45) is 0.404. The third-order valence-corrected chi connectivity index (χ3v) is 6.83. The van der Waals surface area contributed by atoms with Crippen LogP contribution in [0.25, 0.3) is 10.8 Å². The Balaban J connectivity index is 1.87. The van der Waals surface area contributed by atoms with Gasteiger partial charge >= 0.3 is 5.97 Å². The summed E-state index contributed by atoms with van der Waals surface area (Å²) in [5, 5.41) is 1.71. The lowest BCUT2D eigenvalue weighted by atomic mass is 9.87. The van der Waals surface area contributed by atoms with E-state index in [1.165, 1.54) is 0 Å². The molecule has 0 spiro atoms. The molecule has 1 fully saturated rings. The van der Waals surface area contributed by atoms with Gasteiger partial charge in [-0.05, 0) is 24.1 Å². The van der Waals surface area contributed by atoms with E-state index in [-0.39, 0.29) is 23.9 Å². The molecule has 0 amide bonds. The lowest BCUT2D eigenvalue weighted by molar-refractivity contribution is -0.142. The molecule has 2 aromatic carbocycles. The highest BCUT2D eigenvalue weighted by atomic mass is 32.2. The second-order valence-corrected chi connectivity index (χ2v) is 8.97. The van der Waals surface area contributed by atoms with Crippen molar-refractivity contribution in [2.75, 3.05) is 12.3 Å². The van der Waals surface area contributed by atoms with Crippen molar-refractivity contribution in [3.8, 4) is 0 Å². The Hall–Kier alpha value is -2.87. The number of ketones is 1. The summed E-state index contributed by atoms with van der Waals surface area (Å²) >= 11 is 0. The maximum Gasteiger partial charge on any atom is 0.308 e. The summed E-state index contributed by atoms with van der Waals surface area (Å²) in [4.78, 5) is 24.9. The Morgan fingerprint density at radius 2 is 1.89 bits per heavy atom. The predicted octanol–water partition coefficient (Wildman–Crippen LogP) is 2.42. The minimum atomic E-state index is -3.63. The summed E-state index contributed by atoms with van der Waals surface area (Å²) in [6.45, 7) is 2.89. The number of esters is 1. The average Bonchev–Trinajstić information content (AvgIpc) is 3.12. The van der Waals surface area contributed by atoms with Gasteiger partial charge in [0.1, 0.15) is 0 Å². The van der Waals surface area contributed by atoms with Crippen molar-refractivity contribution < 1.29 is 27.5 Å². The Kier molecular flexibility index (Phi) is 4.19. The molecule has 2 heterocycles. The van der Waals surface area contributed by atoms with Crippen molar-refractivity contribution >= 4 is 32.5 Å². The van der Waals surface area contributed by atoms with Gasteiger partial charge in [0.05, 0.1) is 5.75 Å². The highest BCUT2D eigenvalue weighted by Crippen LogP contribution is 2.44. The minimum Gasteiger partial charge on any atom is -0.456 e. The maximum absolute atomic E-state index is 13.3. The minimum absolute atomic E-state index is 0.0492. The third-order valence-electron chi connectivity index (χ3n) is 5.01. The molecule has 0 bridgehead atoms. The van der Waals surface area contributed by atoms with E-state index in [9.17, 15) is 18.0 Å². The van der Waals surface area contributed by atoms with E-state index < -0.39 is 27.4 Å². The van der Waals surface area contributed by atoms with Crippen molar-refractivity contribution in [3.05, 3.63) is 59.7 Å². The number of nitrogens with zero attached hydrogens (tertiary/aromatic N) is 1. The Bertz CT molecular complexity index is 1130. The zero-order chi connectivity index (χ0) is 20.1. The van der Waals surface area contributed by atoms with Crippen LogP contribution in [0.4, 0.5) is 0 Å². The third kappa shape index (κ3) is 2.75. The number of rotatable bonds is 3. The zero-order valence-corrected chi connectivity index (χ0v) is 16.3. The molecular weight excluding hydrogens is 382 g/mol. The number of carbonyl (C=O) groups excluding carboxylic acids is 2. The molecule has 0 saturated carbocycles. The van der Waals surface area contributed by atoms with Gasteiger partial charge in [-0.25, -0.2) is 12.7 Å². The van der Waals surface area contributed by atoms with Gasteiger partial charge in [-0.15, -0.1) is 0 Å². The molecule has 0 N–H and O–H groups in total. The fourth-order valence-corrected chi connectivity index (χ4v) is 5.18. The monoisotopic (exact) mass is 401 g/mol. The summed E-state index contributed by atoms with van der Waals surface area (Å²) in [5.41, 5.74) is -0.939. The van der Waals surface area contributed by atoms with E-state index in [0.29, 0.717) is 12.0 Å². The quantitative estimate of drug-likeness (QED) is 0.734. The molecule has 28 heavy (non-hydrogen) atoms. The average molecular weight is 401 g/mol. The molecule has 0 aromatic heterocycles. The van der Waals surface area contributed by atoms with Crippen LogP contribution in [0.1, 0.15) is 25.8 Å². The van der Waals surface area contributed by atoms with Crippen molar-refractivity contribution in [1.82, 2.24) is 4.31 Å². The standard InChI is InChI=1S/C20H19NO6S/c1-13(22)26-17-18(23)20(2,27-19(17)21-11-6-12-28(21,24)25)16-10-5-8-14-7-3-4-9-15(14)16/h3-5,7-10H,6,11-12H2,1-2H3. The van der Waals surface area contributed by atoms with E-state index in [4.69, 9.17) is 9.47 Å². The van der Waals surface area contributed by atoms with Gasteiger partial charge in [0.15, 0.2) is 5.60 Å². The number of benzene rings is 2. The molecule has 1 saturated heterocycles. The first-order chi connectivity index (χ1) is 13.2. The van der Waals surface area contributed by atoms with E-state index in [2.05, 4.69) is 0 Å². The number of hydrogen-bond acceptors (Lipinski definition) is 6. The van der Waals surface area contributed by atoms with E-state index in [1.807, 2.05) is 30.3 Å². The molecule has 1 atom stereocenters. The lowest BCUT2D eigenvalue weighted by Gasteiger charge is -2.27. The molecule has 2 aliphatic heterocycles. The summed E-state index contributed by atoms with van der Waals surface area (Å²) < 4.78 is 37.0. The zero-order valence-electron chi connectivity index (χ0n) is 15.5. The molecule has 1 unspecified atom stereocenters. The Morgan fingerprint density at radius 1 is 1.18 bits per heavy atom. The first-order valence-electron chi connectivity index (χ1n) is 8.89. The molecule has 0 radical (unpaired) electrons. The number of Topliss-reactive ketones (excluding diaryl/α,β-unsaturated/α-hetero) is 1. The lowest BCUT2D eigenvalue weighted by Crippen LogP contribution is -2.33. The van der Waals surface area contributed by atoms with Crippen LogP contribution in [0, 0.1) is 0 Å². The van der Waals surface area contributed by atoms with Gasteiger partial charge in [0.25, 0.3) is 11.7 Å². The van der Waals surface area contributed by atoms with Crippen LogP contribution in [-0.4, -0.2) is 36.8 Å². The van der Waals surface area contributed by atoms with Crippen LogP contribution in [0.3, 0.4) is 0 Å². The van der Waals surface area contributed by atoms with Crippen LogP contribution in [0.5, 0.6) is 0 Å². The number of hydrogen-bond donors (Lipinski definition) is 0. The smallest absolute Gasteiger partial charge is 0.308 e. The van der Waals surface area contributed by atoms with Gasteiger partial charge in [-0.3, -0.25) is 9.59 Å². The molecular formula is C20H19NO6S. The van der Waals surface area contributed by atoms with Crippen LogP contribution in [0.2, 0.25) is 0 Å². The van der Waals surface area contributed by atoms with Gasteiger partial charge < -0.3 is 9.47 Å². The van der Waals surface area contributed by atoms with E-state index >= 15 is 0 Å². The normalized spacial score (nSPS) is 23.9. The Labute approximate surface area is 162 Å². The SMILES string of the molecule is CC(=O)OC1=C(N2CCCS2(=O)=O)OC(C)(c2cccc3ccccc23)C1=O. The summed E-state index contributed by atoms with van der Waals surface area (Å²) in [7, 11) is -3.63. The number of sulfonamides is 1. The summed E-state index contributed by atoms with van der Waals surface area (Å²) in [5.74, 6) is -1.94. The van der Waals surface area contributed by atoms with Crippen molar-refractivity contribution in [1.29, 1.82) is 0 Å². The fraction of sp³-hybridized carbons (Fsp3) is 0.300. The molecule has 8 heteroatoms. The van der Waals surface area contributed by atoms with Crippen molar-refractivity contribution in [2.24, 2.45) is 0 Å². The van der Waals surface area contributed by atoms with E-state index in [0.717, 1.165) is 22.0 Å². The van der Waals surface area contributed by atoms with Crippen LogP contribution in [-0.2, 0) is 34.7 Å². The van der Waals surface area contributed by atoms with Gasteiger partial charge in [-0.2, -0.15) is 0 Å². The second kappa shape index (κ2) is 6.34. The predicted molar refractivity (Wildman–Crippen MR) is 101 cm³/mol. The first-order valence-corrected chi connectivity index (χ1v) is 10.5. The fourth-order valence-electron chi connectivity index (χ4n) is 3.68. The molecule has 2 aromatic rings. The number of fused-ring (bicyclic) bond motifs is 1. The number of carbonyl (C=O) groups is 2. The maximum atomic E-state index is 13.3. The van der Waals surface area contributed by atoms with Gasteiger partial charge in [-0.1, -0.05) is 42.5 Å². The van der Waals surface area contributed by atoms with Crippen LogP contribution in [0.15, 0.2) is 54.1 Å². The van der Waals surface area contributed by atoms with Crippen LogP contribution >= 0.6 is 0 Å². The van der Waals surface area contributed by atoms with Crippen molar-refractivity contribution in [2.45, 2.75) is 25.9 Å². The topological polar surface area (TPSA) is 90.0 Å². The second-order valence-electron chi connectivity index (χ2n) is 6.96. The van der Waals surface area contributed by atoms with Gasteiger partial charge in [0.2, 0.25) is 15.8 Å². The van der Waals surface area contributed by atoms with Crippen molar-refractivity contribution in [3.63, 3.8) is 0 Å². The highest BCUT2D eigenvalue weighted by molar-refractivity contribution is 7.89. The highest BCUT2D eigenvalue weighted by Gasteiger charge is 2.53. The largest absolute Gasteiger partial charge is 0.456 e.